The third-order valence-electron chi connectivity index (χ3n) is 1.76. The van der Waals surface area contributed by atoms with Gasteiger partial charge in [0, 0.05) is 0 Å². The molecule has 5 N–H and O–H groups in total. The summed E-state index contributed by atoms with van der Waals surface area (Å²) in [6.45, 7) is -1.69. The topological polar surface area (TPSA) is 171 Å². The van der Waals surface area contributed by atoms with Gasteiger partial charge in [-0.1, -0.05) is 0 Å². The summed E-state index contributed by atoms with van der Waals surface area (Å²) in [4.78, 5) is 27.7. The van der Waals surface area contributed by atoms with Crippen molar-refractivity contribution in [1.29, 1.82) is 0 Å². The summed E-state index contributed by atoms with van der Waals surface area (Å²) >= 11 is 0. The number of aliphatic hydroxyl groups excluding tert-OH is 3. The Bertz CT molecular complexity index is 319. The van der Waals surface area contributed by atoms with Crippen molar-refractivity contribution in [3.63, 3.8) is 0 Å². The van der Waals surface area contributed by atoms with E-state index in [9.17, 15) is 29.2 Å². The maximum atomic E-state index is 11.1. The lowest BCUT2D eigenvalue weighted by molar-refractivity contribution is -0.141. The molecule has 5 atom stereocenters. The van der Waals surface area contributed by atoms with Gasteiger partial charge in [0.2, 0.25) is 0 Å². The normalized spacial score (nSPS) is 19.8. The van der Waals surface area contributed by atoms with Crippen LogP contribution in [0.4, 0.5) is 0 Å². The number of ketones is 1. The highest BCUT2D eigenvalue weighted by atomic mass is 31.1. The molecule has 0 aromatic carbocycles. The standard InChI is InChI=1S/C6H14O10P2/c7-3(1-15-17(11)12)5(9)6(10)4(8)2-16-18(13)14/h3,5-7,9-10,17-18H,1-2H2,(H,11,12)(H,13,14)/t3-,5+,6-/m1/s1. The first-order chi connectivity index (χ1) is 8.25. The maximum absolute atomic E-state index is 11.1. The summed E-state index contributed by atoms with van der Waals surface area (Å²) in [5, 5.41) is 27.7. The van der Waals surface area contributed by atoms with E-state index >= 15 is 0 Å². The van der Waals surface area contributed by atoms with Crippen LogP contribution < -0.4 is 0 Å². The van der Waals surface area contributed by atoms with E-state index in [1.165, 1.54) is 0 Å². The van der Waals surface area contributed by atoms with Crippen LogP contribution in [0.15, 0.2) is 0 Å². The second-order valence-corrected chi connectivity index (χ2v) is 4.74. The Morgan fingerprint density at radius 2 is 1.56 bits per heavy atom. The Balaban J connectivity index is 4.21. The summed E-state index contributed by atoms with van der Waals surface area (Å²) in [6, 6.07) is 0. The van der Waals surface area contributed by atoms with Gasteiger partial charge >= 0.3 is 16.5 Å². The molecule has 0 bridgehead atoms. The van der Waals surface area contributed by atoms with E-state index in [0.29, 0.717) is 0 Å². The molecule has 12 heteroatoms. The monoisotopic (exact) mass is 308 g/mol. The van der Waals surface area contributed by atoms with Crippen molar-refractivity contribution < 1.29 is 48.1 Å². The van der Waals surface area contributed by atoms with Crippen LogP contribution in [0, 0.1) is 0 Å². The van der Waals surface area contributed by atoms with Gasteiger partial charge in [-0.2, -0.15) is 0 Å². The van der Waals surface area contributed by atoms with Crippen molar-refractivity contribution in [3.05, 3.63) is 0 Å². The van der Waals surface area contributed by atoms with Crippen LogP contribution in [0.25, 0.3) is 0 Å². The average Bonchev–Trinajstić information content (AvgIpc) is 2.30. The summed E-state index contributed by atoms with van der Waals surface area (Å²) in [5.74, 6) is -1.13. The van der Waals surface area contributed by atoms with Crippen molar-refractivity contribution in [3.8, 4) is 0 Å². The number of aliphatic hydroxyl groups is 3. The summed E-state index contributed by atoms with van der Waals surface area (Å²) in [5.41, 5.74) is 0. The molecule has 0 amide bonds. The van der Waals surface area contributed by atoms with Crippen LogP contribution in [-0.4, -0.2) is 62.4 Å². The fraction of sp³-hybridized carbons (Fsp3) is 0.833. The first-order valence-corrected chi connectivity index (χ1v) is 7.06. The van der Waals surface area contributed by atoms with Crippen LogP contribution in [0.2, 0.25) is 0 Å². The molecule has 108 valence electrons. The fourth-order valence-corrected chi connectivity index (χ4v) is 1.45. The largest absolute Gasteiger partial charge is 0.388 e. The van der Waals surface area contributed by atoms with Crippen molar-refractivity contribution >= 4 is 22.3 Å². The molecule has 2 unspecified atom stereocenters. The van der Waals surface area contributed by atoms with Gasteiger partial charge < -0.3 is 34.2 Å². The molecule has 0 heterocycles. The number of carbonyl (C=O) groups excluding carboxylic acids is 1. The van der Waals surface area contributed by atoms with E-state index in [-0.39, 0.29) is 0 Å². The molecule has 0 aromatic rings. The molecule has 0 saturated carbocycles. The smallest absolute Gasteiger partial charge is 0.317 e. The Hall–Kier alpha value is -0.150. The molecule has 0 aliphatic heterocycles. The van der Waals surface area contributed by atoms with Crippen molar-refractivity contribution in [1.82, 2.24) is 0 Å². The van der Waals surface area contributed by atoms with Crippen LogP contribution >= 0.6 is 16.5 Å². The van der Waals surface area contributed by atoms with Crippen molar-refractivity contribution in [2.75, 3.05) is 13.2 Å². The molecule has 0 saturated heterocycles. The van der Waals surface area contributed by atoms with Gasteiger partial charge in [0.05, 0.1) is 6.61 Å². The zero-order valence-electron chi connectivity index (χ0n) is 8.92. The van der Waals surface area contributed by atoms with Crippen LogP contribution in [-0.2, 0) is 23.0 Å². The summed E-state index contributed by atoms with van der Waals surface area (Å²) < 4.78 is 28.5. The molecule has 0 fully saturated rings. The predicted octanol–water partition coefficient (Wildman–Crippen LogP) is -2.56. The summed E-state index contributed by atoms with van der Waals surface area (Å²) in [7, 11) is -6.66. The molecular weight excluding hydrogens is 294 g/mol. The number of carbonyl (C=O) groups is 1. The minimum absolute atomic E-state index is 0.767. The van der Waals surface area contributed by atoms with Crippen molar-refractivity contribution in [2.45, 2.75) is 18.3 Å². The lowest BCUT2D eigenvalue weighted by atomic mass is 10.1. The minimum Gasteiger partial charge on any atom is -0.388 e. The van der Waals surface area contributed by atoms with Crippen LogP contribution in [0.5, 0.6) is 0 Å². The first kappa shape index (κ1) is 17.8. The van der Waals surface area contributed by atoms with Gasteiger partial charge in [-0.3, -0.25) is 13.9 Å². The molecule has 0 rings (SSSR count). The lowest BCUT2D eigenvalue weighted by Crippen LogP contribution is -2.45. The van der Waals surface area contributed by atoms with E-state index in [1.807, 2.05) is 0 Å². The highest BCUT2D eigenvalue weighted by Crippen LogP contribution is 2.17. The SMILES string of the molecule is O=C(CO[PH](=O)O)[C@@H](O)[C@@H](O)[C@H](O)CO[PH](=O)O. The molecule has 18 heavy (non-hydrogen) atoms. The third-order valence-corrected chi connectivity index (χ3v) is 2.57. The van der Waals surface area contributed by atoms with Gasteiger partial charge in [0.15, 0.2) is 5.78 Å². The van der Waals surface area contributed by atoms with E-state index < -0.39 is 53.8 Å². The maximum Gasteiger partial charge on any atom is 0.317 e. The second kappa shape index (κ2) is 8.87. The molecule has 0 radical (unpaired) electrons. The van der Waals surface area contributed by atoms with E-state index in [1.54, 1.807) is 0 Å². The molecule has 0 spiro atoms. The van der Waals surface area contributed by atoms with Gasteiger partial charge in [-0.25, -0.2) is 0 Å². The number of hydrogen-bond donors (Lipinski definition) is 5. The second-order valence-electron chi connectivity index (χ2n) is 3.10. The lowest BCUT2D eigenvalue weighted by Gasteiger charge is -2.21. The summed E-state index contributed by atoms with van der Waals surface area (Å²) in [6.07, 6.45) is -5.84. The van der Waals surface area contributed by atoms with Crippen LogP contribution in [0.3, 0.4) is 0 Å². The quantitative estimate of drug-likeness (QED) is 0.285. The van der Waals surface area contributed by atoms with Gasteiger partial charge in [-0.15, -0.1) is 0 Å². The molecule has 0 aromatic heterocycles. The Kier molecular flexibility index (Phi) is 8.79. The number of Topliss-reactive ketones (excluding diaryl/α,β-unsaturated/α-hetero) is 1. The van der Waals surface area contributed by atoms with E-state index in [4.69, 9.17) is 9.79 Å². The highest BCUT2D eigenvalue weighted by molar-refractivity contribution is 7.32. The van der Waals surface area contributed by atoms with Gasteiger partial charge in [-0.05, 0) is 0 Å². The number of hydrogen-bond acceptors (Lipinski definition) is 8. The predicted molar refractivity (Wildman–Crippen MR) is 57.4 cm³/mol. The highest BCUT2D eigenvalue weighted by Gasteiger charge is 2.30. The van der Waals surface area contributed by atoms with Crippen LogP contribution in [0.1, 0.15) is 0 Å². The van der Waals surface area contributed by atoms with Crippen molar-refractivity contribution in [2.24, 2.45) is 0 Å². The minimum atomic E-state index is -3.35. The van der Waals surface area contributed by atoms with Gasteiger partial charge in [0.25, 0.3) is 0 Å². The molecular formula is C6H14O10P2. The molecule has 0 aliphatic carbocycles. The zero-order chi connectivity index (χ0) is 14.3. The first-order valence-electron chi connectivity index (χ1n) is 4.54. The Labute approximate surface area is 103 Å². The Morgan fingerprint density at radius 1 is 1.06 bits per heavy atom. The fourth-order valence-electron chi connectivity index (χ4n) is 0.874. The van der Waals surface area contributed by atoms with Gasteiger partial charge in [0.1, 0.15) is 24.9 Å². The molecule has 10 nitrogen and oxygen atoms in total. The van der Waals surface area contributed by atoms with E-state index in [0.717, 1.165) is 0 Å². The van der Waals surface area contributed by atoms with E-state index in [2.05, 4.69) is 9.05 Å². The third kappa shape index (κ3) is 7.32. The zero-order valence-corrected chi connectivity index (χ0v) is 10.9. The number of rotatable bonds is 9. The Morgan fingerprint density at radius 3 is 2.00 bits per heavy atom. The molecule has 0 aliphatic rings. The average molecular weight is 308 g/mol.